The second-order valence-electron chi connectivity index (χ2n) is 4.85. The molecule has 8 heteroatoms. The summed E-state index contributed by atoms with van der Waals surface area (Å²) in [6.07, 6.45) is -1.14. The molecule has 0 spiro atoms. The van der Waals surface area contributed by atoms with Crippen molar-refractivity contribution in [2.45, 2.75) is 13.0 Å². The van der Waals surface area contributed by atoms with Gasteiger partial charge in [0, 0.05) is 17.8 Å². The monoisotopic (exact) mass is 332 g/mol. The van der Waals surface area contributed by atoms with Gasteiger partial charge >= 0.3 is 5.97 Å². The van der Waals surface area contributed by atoms with E-state index in [-0.39, 0.29) is 11.3 Å². The number of nitro groups is 1. The number of carbonyl (C=O) groups is 2. The van der Waals surface area contributed by atoms with Crippen molar-refractivity contribution in [3.63, 3.8) is 0 Å². The summed E-state index contributed by atoms with van der Waals surface area (Å²) < 4.78 is 17.8. The van der Waals surface area contributed by atoms with E-state index >= 15 is 0 Å². The molecule has 0 aliphatic heterocycles. The van der Waals surface area contributed by atoms with Crippen molar-refractivity contribution in [1.82, 2.24) is 0 Å². The van der Waals surface area contributed by atoms with E-state index < -0.39 is 28.7 Å². The standard InChI is InChI=1S/C16H13FN2O5/c1-10(15(20)18-13-7-5-12(17)6-8-13)24-16(21)11-3-2-4-14(9-11)19(22)23/h2-10H,1H3,(H,18,20). The molecule has 2 aromatic rings. The fraction of sp³-hybridized carbons (Fsp3) is 0.125. The van der Waals surface area contributed by atoms with Crippen molar-refractivity contribution >= 4 is 23.3 Å². The van der Waals surface area contributed by atoms with Crippen molar-refractivity contribution in [3.05, 3.63) is 70.0 Å². The Morgan fingerprint density at radius 1 is 1.21 bits per heavy atom. The van der Waals surface area contributed by atoms with Gasteiger partial charge in [0.25, 0.3) is 11.6 Å². The average Bonchev–Trinajstić information content (AvgIpc) is 2.56. The molecule has 2 rings (SSSR count). The van der Waals surface area contributed by atoms with Gasteiger partial charge in [-0.05, 0) is 37.3 Å². The number of hydrogen-bond donors (Lipinski definition) is 1. The largest absolute Gasteiger partial charge is 0.449 e. The molecule has 0 heterocycles. The Hall–Kier alpha value is -3.29. The maximum Gasteiger partial charge on any atom is 0.339 e. The van der Waals surface area contributed by atoms with Crippen LogP contribution in [0.2, 0.25) is 0 Å². The third kappa shape index (κ3) is 4.35. The average molecular weight is 332 g/mol. The molecule has 124 valence electrons. The van der Waals surface area contributed by atoms with E-state index in [1.165, 1.54) is 49.4 Å². The lowest BCUT2D eigenvalue weighted by Crippen LogP contribution is -2.30. The minimum atomic E-state index is -1.14. The lowest BCUT2D eigenvalue weighted by molar-refractivity contribution is -0.384. The highest BCUT2D eigenvalue weighted by Crippen LogP contribution is 2.15. The van der Waals surface area contributed by atoms with Crippen molar-refractivity contribution < 1.29 is 23.6 Å². The van der Waals surface area contributed by atoms with Gasteiger partial charge in [-0.15, -0.1) is 0 Å². The van der Waals surface area contributed by atoms with Gasteiger partial charge in [-0.1, -0.05) is 6.07 Å². The lowest BCUT2D eigenvalue weighted by Gasteiger charge is -2.13. The van der Waals surface area contributed by atoms with E-state index in [1.807, 2.05) is 0 Å². The summed E-state index contributed by atoms with van der Waals surface area (Å²) in [7, 11) is 0. The number of nitrogens with zero attached hydrogens (tertiary/aromatic N) is 1. The number of non-ortho nitro benzene ring substituents is 1. The Bertz CT molecular complexity index is 776. The van der Waals surface area contributed by atoms with E-state index in [1.54, 1.807) is 0 Å². The first kappa shape index (κ1) is 17.1. The van der Waals surface area contributed by atoms with E-state index in [0.717, 1.165) is 6.07 Å². The van der Waals surface area contributed by atoms with E-state index in [4.69, 9.17) is 4.74 Å². The first-order valence-corrected chi connectivity index (χ1v) is 6.88. The first-order chi connectivity index (χ1) is 11.4. The van der Waals surface area contributed by atoms with Crippen LogP contribution in [0.1, 0.15) is 17.3 Å². The topological polar surface area (TPSA) is 98.5 Å². The van der Waals surface area contributed by atoms with Gasteiger partial charge in [0.05, 0.1) is 10.5 Å². The van der Waals surface area contributed by atoms with Gasteiger partial charge in [-0.25, -0.2) is 9.18 Å². The third-order valence-electron chi connectivity index (χ3n) is 3.06. The zero-order valence-electron chi connectivity index (χ0n) is 12.6. The van der Waals surface area contributed by atoms with Gasteiger partial charge < -0.3 is 10.1 Å². The first-order valence-electron chi connectivity index (χ1n) is 6.88. The number of nitrogens with one attached hydrogen (secondary N) is 1. The molecule has 24 heavy (non-hydrogen) atoms. The Balaban J connectivity index is 2.00. The zero-order chi connectivity index (χ0) is 17.7. The minimum Gasteiger partial charge on any atom is -0.449 e. The van der Waals surface area contributed by atoms with Crippen LogP contribution < -0.4 is 5.32 Å². The summed E-state index contributed by atoms with van der Waals surface area (Å²) in [4.78, 5) is 34.0. The summed E-state index contributed by atoms with van der Waals surface area (Å²) in [5.41, 5.74) is 0.0538. The fourth-order valence-corrected chi connectivity index (χ4v) is 1.81. The van der Waals surface area contributed by atoms with Crippen LogP contribution in [0, 0.1) is 15.9 Å². The second-order valence-corrected chi connectivity index (χ2v) is 4.85. The Morgan fingerprint density at radius 2 is 1.88 bits per heavy atom. The Morgan fingerprint density at radius 3 is 2.50 bits per heavy atom. The molecule has 1 atom stereocenters. The lowest BCUT2D eigenvalue weighted by atomic mass is 10.2. The highest BCUT2D eigenvalue weighted by atomic mass is 19.1. The maximum absolute atomic E-state index is 12.8. The number of rotatable bonds is 5. The molecule has 0 fully saturated rings. The molecule has 0 bridgehead atoms. The van der Waals surface area contributed by atoms with Crippen molar-refractivity contribution in [3.8, 4) is 0 Å². The molecule has 1 amide bonds. The molecule has 2 aromatic carbocycles. The second kappa shape index (κ2) is 7.32. The van der Waals surface area contributed by atoms with Crippen LogP contribution in [0.5, 0.6) is 0 Å². The summed E-state index contributed by atoms with van der Waals surface area (Å²) >= 11 is 0. The molecular formula is C16H13FN2O5. The van der Waals surface area contributed by atoms with Crippen LogP contribution in [0.15, 0.2) is 48.5 Å². The van der Waals surface area contributed by atoms with Crippen LogP contribution >= 0.6 is 0 Å². The molecule has 0 saturated heterocycles. The normalized spacial score (nSPS) is 11.4. The van der Waals surface area contributed by atoms with Crippen LogP contribution in [0.4, 0.5) is 15.8 Å². The number of anilines is 1. The van der Waals surface area contributed by atoms with Crippen molar-refractivity contribution in [2.75, 3.05) is 5.32 Å². The maximum atomic E-state index is 12.8. The number of ether oxygens (including phenoxy) is 1. The molecule has 0 radical (unpaired) electrons. The SMILES string of the molecule is CC(OC(=O)c1cccc([N+](=O)[O-])c1)C(=O)Nc1ccc(F)cc1. The highest BCUT2D eigenvalue weighted by Gasteiger charge is 2.20. The summed E-state index contributed by atoms with van der Waals surface area (Å²) in [5.74, 6) is -1.92. The van der Waals surface area contributed by atoms with Crippen LogP contribution in [0.25, 0.3) is 0 Å². The minimum absolute atomic E-state index is 0.0365. The zero-order valence-corrected chi connectivity index (χ0v) is 12.6. The Kier molecular flexibility index (Phi) is 5.20. The van der Waals surface area contributed by atoms with Gasteiger partial charge in [-0.3, -0.25) is 14.9 Å². The van der Waals surface area contributed by atoms with Gasteiger partial charge in [-0.2, -0.15) is 0 Å². The summed E-state index contributed by atoms with van der Waals surface area (Å²) in [5, 5.41) is 13.2. The van der Waals surface area contributed by atoms with Crippen LogP contribution in [-0.2, 0) is 9.53 Å². The van der Waals surface area contributed by atoms with Crippen molar-refractivity contribution in [2.24, 2.45) is 0 Å². The Labute approximate surface area is 136 Å². The fourth-order valence-electron chi connectivity index (χ4n) is 1.81. The van der Waals surface area contributed by atoms with Gasteiger partial charge in [0.15, 0.2) is 6.10 Å². The quantitative estimate of drug-likeness (QED) is 0.515. The molecule has 0 saturated carbocycles. The van der Waals surface area contributed by atoms with Crippen molar-refractivity contribution in [1.29, 1.82) is 0 Å². The molecule has 0 aliphatic rings. The predicted octanol–water partition coefficient (Wildman–Crippen LogP) is 2.92. The van der Waals surface area contributed by atoms with E-state index in [2.05, 4.69) is 5.32 Å². The number of nitro benzene ring substituents is 1. The third-order valence-corrected chi connectivity index (χ3v) is 3.06. The number of halogens is 1. The molecule has 7 nitrogen and oxygen atoms in total. The smallest absolute Gasteiger partial charge is 0.339 e. The van der Waals surface area contributed by atoms with E-state index in [0.29, 0.717) is 5.69 Å². The highest BCUT2D eigenvalue weighted by molar-refractivity contribution is 5.97. The molecule has 1 N–H and O–H groups in total. The summed E-state index contributed by atoms with van der Waals surface area (Å²) in [6.45, 7) is 1.36. The van der Waals surface area contributed by atoms with Crippen LogP contribution in [-0.4, -0.2) is 22.9 Å². The molecule has 0 aliphatic carbocycles. The van der Waals surface area contributed by atoms with Gasteiger partial charge in [0.2, 0.25) is 0 Å². The number of hydrogen-bond acceptors (Lipinski definition) is 5. The molecule has 1 unspecified atom stereocenters. The predicted molar refractivity (Wildman–Crippen MR) is 83.0 cm³/mol. The number of carbonyl (C=O) groups excluding carboxylic acids is 2. The summed E-state index contributed by atoms with van der Waals surface area (Å²) in [6, 6.07) is 10.1. The molecule has 0 aromatic heterocycles. The number of esters is 1. The van der Waals surface area contributed by atoms with Gasteiger partial charge in [0.1, 0.15) is 5.82 Å². The van der Waals surface area contributed by atoms with E-state index in [9.17, 15) is 24.1 Å². The number of benzene rings is 2. The number of amides is 1. The van der Waals surface area contributed by atoms with Crippen LogP contribution in [0.3, 0.4) is 0 Å². The molecular weight excluding hydrogens is 319 g/mol.